The molecule has 0 radical (unpaired) electrons. The molecule has 0 aliphatic carbocycles. The Labute approximate surface area is 97.1 Å². The van der Waals surface area contributed by atoms with Crippen molar-refractivity contribution in [1.29, 1.82) is 5.26 Å². The van der Waals surface area contributed by atoms with Crippen LogP contribution in [0.4, 0.5) is 20.3 Å². The van der Waals surface area contributed by atoms with Gasteiger partial charge in [0, 0.05) is 12.7 Å². The van der Waals surface area contributed by atoms with Gasteiger partial charge in [0.2, 0.25) is 0 Å². The summed E-state index contributed by atoms with van der Waals surface area (Å²) in [6.45, 7) is -0.909. The van der Waals surface area contributed by atoms with Crippen molar-refractivity contribution in [2.75, 3.05) is 30.3 Å². The topological polar surface area (TPSA) is 86.2 Å². The molecule has 0 aromatic carbocycles. The van der Waals surface area contributed by atoms with Crippen LogP contribution < -0.4 is 10.6 Å². The first kappa shape index (κ1) is 13.1. The minimum absolute atomic E-state index is 0.0174. The molecule has 0 bridgehead atoms. The summed E-state index contributed by atoms with van der Waals surface area (Å²) in [5.74, 6) is 0.0957. The molecular formula is C10H12F2N4O. The van der Waals surface area contributed by atoms with Gasteiger partial charge in [0.05, 0.1) is 24.4 Å². The van der Waals surface area contributed by atoms with Crippen LogP contribution in [0.15, 0.2) is 12.3 Å². The minimum Gasteiger partial charge on any atom is -0.395 e. The van der Waals surface area contributed by atoms with Crippen molar-refractivity contribution in [3.05, 3.63) is 17.8 Å². The summed E-state index contributed by atoms with van der Waals surface area (Å²) in [4.78, 5) is 5.02. The fourth-order valence-corrected chi connectivity index (χ4v) is 1.38. The number of pyridine rings is 1. The zero-order chi connectivity index (χ0) is 12.8. The van der Waals surface area contributed by atoms with Crippen molar-refractivity contribution >= 4 is 11.5 Å². The van der Waals surface area contributed by atoms with E-state index >= 15 is 0 Å². The number of rotatable bonds is 5. The van der Waals surface area contributed by atoms with Crippen molar-refractivity contribution in [3.63, 3.8) is 0 Å². The zero-order valence-corrected chi connectivity index (χ0v) is 8.98. The molecule has 0 fully saturated rings. The molecule has 0 saturated heterocycles. The molecule has 17 heavy (non-hydrogen) atoms. The Morgan fingerprint density at radius 3 is 2.82 bits per heavy atom. The molecular weight excluding hydrogens is 230 g/mol. The van der Waals surface area contributed by atoms with Crippen LogP contribution in [0.5, 0.6) is 0 Å². The third-order valence-electron chi connectivity index (χ3n) is 2.12. The third kappa shape index (κ3) is 3.26. The van der Waals surface area contributed by atoms with Gasteiger partial charge in [-0.2, -0.15) is 5.26 Å². The summed E-state index contributed by atoms with van der Waals surface area (Å²) in [6, 6.07) is 3.25. The summed E-state index contributed by atoms with van der Waals surface area (Å²) >= 11 is 0. The van der Waals surface area contributed by atoms with Gasteiger partial charge in [0.25, 0.3) is 6.43 Å². The average molecular weight is 242 g/mol. The number of aliphatic hydroxyl groups is 1. The van der Waals surface area contributed by atoms with Gasteiger partial charge in [-0.05, 0) is 6.07 Å². The lowest BCUT2D eigenvalue weighted by Crippen LogP contribution is -2.33. The van der Waals surface area contributed by atoms with E-state index in [4.69, 9.17) is 16.1 Å². The molecule has 0 aliphatic heterocycles. The maximum absolute atomic E-state index is 12.4. The lowest BCUT2D eigenvalue weighted by atomic mass is 10.2. The standard InChI is InChI=1S/C10H12F2N4O/c11-8(12)6-16(3-4-17)10-9(14)7(5-13)1-2-15-10/h1-2,8,17H,3-4,6,14H2. The van der Waals surface area contributed by atoms with Gasteiger partial charge in [-0.25, -0.2) is 13.8 Å². The maximum atomic E-state index is 12.4. The smallest absolute Gasteiger partial charge is 0.255 e. The molecule has 5 nitrogen and oxygen atoms in total. The quantitative estimate of drug-likeness (QED) is 0.789. The molecule has 1 aromatic rings. The average Bonchev–Trinajstić information content (AvgIpc) is 2.28. The number of alkyl halides is 2. The maximum Gasteiger partial charge on any atom is 0.255 e. The number of aliphatic hydroxyl groups excluding tert-OH is 1. The monoisotopic (exact) mass is 242 g/mol. The Morgan fingerprint density at radius 2 is 2.29 bits per heavy atom. The van der Waals surface area contributed by atoms with E-state index in [1.807, 2.05) is 6.07 Å². The molecule has 1 aromatic heterocycles. The predicted octanol–water partition coefficient (Wildman–Crippen LogP) is 0.599. The van der Waals surface area contributed by atoms with Crippen LogP contribution >= 0.6 is 0 Å². The highest BCUT2D eigenvalue weighted by molar-refractivity contribution is 5.70. The highest BCUT2D eigenvalue weighted by Gasteiger charge is 2.17. The molecule has 92 valence electrons. The van der Waals surface area contributed by atoms with E-state index in [0.717, 1.165) is 4.90 Å². The number of hydrogen-bond acceptors (Lipinski definition) is 5. The summed E-state index contributed by atoms with van der Waals surface area (Å²) < 4.78 is 24.7. The number of nitriles is 1. The normalized spacial score (nSPS) is 10.3. The molecule has 0 aliphatic rings. The fourth-order valence-electron chi connectivity index (χ4n) is 1.38. The molecule has 1 rings (SSSR count). The molecule has 0 atom stereocenters. The number of hydrogen-bond donors (Lipinski definition) is 2. The SMILES string of the molecule is N#Cc1ccnc(N(CCO)CC(F)F)c1N. The lowest BCUT2D eigenvalue weighted by molar-refractivity contribution is 0.152. The van der Waals surface area contributed by atoms with Crippen molar-refractivity contribution in [3.8, 4) is 6.07 Å². The first-order valence-corrected chi connectivity index (χ1v) is 4.88. The molecule has 0 saturated carbocycles. The number of nitrogen functional groups attached to an aromatic ring is 1. The predicted molar refractivity (Wildman–Crippen MR) is 58.7 cm³/mol. The number of nitrogens with two attached hydrogens (primary N) is 1. The highest BCUT2D eigenvalue weighted by Crippen LogP contribution is 2.23. The van der Waals surface area contributed by atoms with Gasteiger partial charge in [0.1, 0.15) is 6.07 Å². The second-order valence-electron chi connectivity index (χ2n) is 3.27. The van der Waals surface area contributed by atoms with E-state index in [1.165, 1.54) is 12.3 Å². The van der Waals surface area contributed by atoms with Gasteiger partial charge in [-0.3, -0.25) is 0 Å². The second kappa shape index (κ2) is 5.96. The van der Waals surface area contributed by atoms with Gasteiger partial charge in [-0.15, -0.1) is 0 Å². The van der Waals surface area contributed by atoms with E-state index < -0.39 is 13.0 Å². The van der Waals surface area contributed by atoms with Crippen LogP contribution in [0, 0.1) is 11.3 Å². The van der Waals surface area contributed by atoms with Gasteiger partial charge in [0.15, 0.2) is 5.82 Å². The summed E-state index contributed by atoms with van der Waals surface area (Å²) in [5, 5.41) is 17.6. The first-order valence-electron chi connectivity index (χ1n) is 4.88. The Bertz CT molecular complexity index is 419. The van der Waals surface area contributed by atoms with E-state index in [1.54, 1.807) is 0 Å². The Morgan fingerprint density at radius 1 is 1.59 bits per heavy atom. The van der Waals surface area contributed by atoms with E-state index in [0.29, 0.717) is 0 Å². The van der Waals surface area contributed by atoms with Crippen LogP contribution in [0.1, 0.15) is 5.56 Å². The number of anilines is 2. The van der Waals surface area contributed by atoms with Gasteiger partial charge in [-0.1, -0.05) is 0 Å². The summed E-state index contributed by atoms with van der Waals surface area (Å²) in [6.07, 6.45) is -1.26. The van der Waals surface area contributed by atoms with E-state index in [2.05, 4.69) is 4.98 Å². The van der Waals surface area contributed by atoms with Crippen LogP contribution in [0.3, 0.4) is 0 Å². The van der Waals surface area contributed by atoms with E-state index in [-0.39, 0.29) is 30.2 Å². The summed E-state index contributed by atoms with van der Waals surface area (Å²) in [5.41, 5.74) is 5.87. The van der Waals surface area contributed by atoms with Crippen LogP contribution in [-0.2, 0) is 0 Å². The molecule has 1 heterocycles. The molecule has 0 spiro atoms. The molecule has 7 heteroatoms. The van der Waals surface area contributed by atoms with Crippen LogP contribution in [-0.4, -0.2) is 36.2 Å². The summed E-state index contributed by atoms with van der Waals surface area (Å²) in [7, 11) is 0. The first-order chi connectivity index (χ1) is 8.10. The Hall–Kier alpha value is -1.94. The largest absolute Gasteiger partial charge is 0.395 e. The van der Waals surface area contributed by atoms with E-state index in [9.17, 15) is 8.78 Å². The number of aromatic nitrogens is 1. The number of nitrogens with zero attached hydrogens (tertiary/aromatic N) is 3. The van der Waals surface area contributed by atoms with Crippen molar-refractivity contribution in [1.82, 2.24) is 4.98 Å². The Kier molecular flexibility index (Phi) is 4.60. The van der Waals surface area contributed by atoms with Crippen molar-refractivity contribution in [2.24, 2.45) is 0 Å². The Balaban J connectivity index is 3.05. The molecule has 3 N–H and O–H groups in total. The fraction of sp³-hybridized carbons (Fsp3) is 0.400. The van der Waals surface area contributed by atoms with Crippen molar-refractivity contribution in [2.45, 2.75) is 6.43 Å². The van der Waals surface area contributed by atoms with Crippen molar-refractivity contribution < 1.29 is 13.9 Å². The van der Waals surface area contributed by atoms with Crippen LogP contribution in [0.25, 0.3) is 0 Å². The zero-order valence-electron chi connectivity index (χ0n) is 8.98. The molecule has 0 amide bonds. The van der Waals surface area contributed by atoms with Gasteiger partial charge >= 0.3 is 0 Å². The minimum atomic E-state index is -2.58. The number of halogens is 2. The molecule has 0 unspecified atom stereocenters. The second-order valence-corrected chi connectivity index (χ2v) is 3.27. The highest BCUT2D eigenvalue weighted by atomic mass is 19.3. The lowest BCUT2D eigenvalue weighted by Gasteiger charge is -2.23. The van der Waals surface area contributed by atoms with Gasteiger partial charge < -0.3 is 15.7 Å². The third-order valence-corrected chi connectivity index (χ3v) is 2.12. The van der Waals surface area contributed by atoms with Crippen LogP contribution in [0.2, 0.25) is 0 Å².